The van der Waals surface area contributed by atoms with E-state index in [1.807, 2.05) is 38.1 Å². The monoisotopic (exact) mass is 475 g/mol. The zero-order valence-corrected chi connectivity index (χ0v) is 18.9. The fraction of sp³-hybridized carbons (Fsp3) is 0.364. The molecule has 0 fully saturated rings. The van der Waals surface area contributed by atoms with E-state index in [-0.39, 0.29) is 36.5 Å². The van der Waals surface area contributed by atoms with E-state index >= 15 is 0 Å². The third-order valence-electron chi connectivity index (χ3n) is 4.94. The van der Waals surface area contributed by atoms with Gasteiger partial charge in [-0.3, -0.25) is 19.7 Å². The smallest absolute Gasteiger partial charge is 0.273 e. The molecule has 0 heterocycles. The van der Waals surface area contributed by atoms with Gasteiger partial charge in [0.2, 0.25) is 11.8 Å². The maximum Gasteiger partial charge on any atom is 0.273 e. The number of hydrogen-bond donors (Lipinski definition) is 1. The van der Waals surface area contributed by atoms with Crippen LogP contribution in [-0.2, 0) is 22.6 Å². The van der Waals surface area contributed by atoms with Gasteiger partial charge in [-0.05, 0) is 38.0 Å². The predicted molar refractivity (Wildman–Crippen MR) is 119 cm³/mol. The summed E-state index contributed by atoms with van der Waals surface area (Å²) in [6.07, 6.45) is 0.611. The molecule has 0 aromatic heterocycles. The number of hydrogen-bond acceptors (Lipinski definition) is 4. The number of benzene rings is 2. The fourth-order valence-electron chi connectivity index (χ4n) is 2.98. The van der Waals surface area contributed by atoms with E-state index in [1.165, 1.54) is 11.0 Å². The normalized spacial score (nSPS) is 12.7. The minimum atomic E-state index is -0.728. The van der Waals surface area contributed by atoms with Gasteiger partial charge in [0, 0.05) is 28.7 Å². The van der Waals surface area contributed by atoms with Gasteiger partial charge in [-0.1, -0.05) is 53.2 Å². The van der Waals surface area contributed by atoms with E-state index in [1.54, 1.807) is 25.1 Å². The van der Waals surface area contributed by atoms with E-state index in [0.717, 1.165) is 16.5 Å². The van der Waals surface area contributed by atoms with Gasteiger partial charge < -0.3 is 10.2 Å². The van der Waals surface area contributed by atoms with Crippen LogP contribution in [0.3, 0.4) is 0 Å². The Balaban J connectivity index is 2.31. The molecule has 0 radical (unpaired) electrons. The van der Waals surface area contributed by atoms with Crippen molar-refractivity contribution in [3.8, 4) is 0 Å². The molecule has 160 valence electrons. The van der Waals surface area contributed by atoms with Gasteiger partial charge in [0.15, 0.2) is 0 Å². The lowest BCUT2D eigenvalue weighted by molar-refractivity contribution is -0.385. The summed E-state index contributed by atoms with van der Waals surface area (Å²) in [5.74, 6) is -0.605. The maximum atomic E-state index is 13.2. The van der Waals surface area contributed by atoms with Gasteiger partial charge in [0.1, 0.15) is 6.04 Å². The van der Waals surface area contributed by atoms with Crippen LogP contribution in [0.15, 0.2) is 53.0 Å². The van der Waals surface area contributed by atoms with Gasteiger partial charge in [-0.15, -0.1) is 0 Å². The van der Waals surface area contributed by atoms with Gasteiger partial charge in [0.25, 0.3) is 5.69 Å². The minimum Gasteiger partial charge on any atom is -0.352 e. The molecule has 30 heavy (non-hydrogen) atoms. The first-order valence-electron chi connectivity index (χ1n) is 9.79. The van der Waals surface area contributed by atoms with E-state index < -0.39 is 11.0 Å². The first-order chi connectivity index (χ1) is 14.2. The third-order valence-corrected chi connectivity index (χ3v) is 5.43. The average molecular weight is 476 g/mol. The molecule has 0 aliphatic heterocycles. The molecule has 2 atom stereocenters. The number of carbonyl (C=O) groups excluding carboxylic acids is 2. The molecular weight excluding hydrogens is 450 g/mol. The van der Waals surface area contributed by atoms with Gasteiger partial charge in [-0.2, -0.15) is 0 Å². The predicted octanol–water partition coefficient (Wildman–Crippen LogP) is 4.23. The number of nitrogens with one attached hydrogen (secondary N) is 1. The number of halogens is 1. The molecule has 0 unspecified atom stereocenters. The number of rotatable bonds is 9. The Hall–Kier alpha value is -2.74. The van der Waals surface area contributed by atoms with Crippen molar-refractivity contribution in [1.82, 2.24) is 10.2 Å². The second-order valence-corrected chi connectivity index (χ2v) is 8.12. The van der Waals surface area contributed by atoms with Crippen molar-refractivity contribution in [2.75, 3.05) is 0 Å². The molecular formula is C22H26BrN3O4. The van der Waals surface area contributed by atoms with E-state index in [2.05, 4.69) is 21.2 Å². The van der Waals surface area contributed by atoms with Crippen LogP contribution < -0.4 is 5.32 Å². The van der Waals surface area contributed by atoms with Gasteiger partial charge in [0.05, 0.1) is 11.3 Å². The van der Waals surface area contributed by atoms with Crippen molar-refractivity contribution >= 4 is 33.4 Å². The van der Waals surface area contributed by atoms with Crippen LogP contribution in [0, 0.1) is 10.1 Å². The van der Waals surface area contributed by atoms with Crippen LogP contribution >= 0.6 is 15.9 Å². The highest BCUT2D eigenvalue weighted by molar-refractivity contribution is 9.10. The topological polar surface area (TPSA) is 92.6 Å². The molecule has 1 N–H and O–H groups in total. The molecule has 0 bridgehead atoms. The number of nitro benzene ring substituents is 1. The SMILES string of the molecule is CC[C@@H](C)NC(=O)[C@@H](C)N(Cc1cccc(Br)c1)C(=O)Cc1ccccc1[N+](=O)[O-]. The molecule has 0 saturated heterocycles. The number of nitro groups is 1. The zero-order chi connectivity index (χ0) is 22.3. The lowest BCUT2D eigenvalue weighted by Crippen LogP contribution is -2.49. The Morgan fingerprint density at radius 1 is 1.17 bits per heavy atom. The largest absolute Gasteiger partial charge is 0.352 e. The molecule has 0 aliphatic carbocycles. The Morgan fingerprint density at radius 2 is 1.87 bits per heavy atom. The van der Waals surface area contributed by atoms with Crippen LogP contribution in [0.2, 0.25) is 0 Å². The van der Waals surface area contributed by atoms with Crippen LogP contribution in [0.1, 0.15) is 38.3 Å². The first-order valence-corrected chi connectivity index (χ1v) is 10.6. The van der Waals surface area contributed by atoms with Crippen LogP contribution in [0.5, 0.6) is 0 Å². The van der Waals surface area contributed by atoms with Crippen LogP contribution in [0.25, 0.3) is 0 Å². The summed E-state index contributed by atoms with van der Waals surface area (Å²) >= 11 is 3.42. The highest BCUT2D eigenvalue weighted by Gasteiger charge is 2.28. The minimum absolute atomic E-state index is 0.0158. The Labute approximate surface area is 184 Å². The van der Waals surface area contributed by atoms with Crippen molar-refractivity contribution in [2.45, 2.75) is 52.2 Å². The molecule has 2 aromatic rings. The number of para-hydroxylation sites is 1. The highest BCUT2D eigenvalue weighted by Crippen LogP contribution is 2.21. The Bertz CT molecular complexity index is 919. The summed E-state index contributed by atoms with van der Waals surface area (Å²) in [6.45, 7) is 5.76. The lowest BCUT2D eigenvalue weighted by atomic mass is 10.1. The molecule has 0 saturated carbocycles. The molecule has 7 nitrogen and oxygen atoms in total. The van der Waals surface area contributed by atoms with E-state index in [9.17, 15) is 19.7 Å². The fourth-order valence-corrected chi connectivity index (χ4v) is 3.43. The first kappa shape index (κ1) is 23.5. The highest BCUT2D eigenvalue weighted by atomic mass is 79.9. The summed E-state index contributed by atoms with van der Waals surface area (Å²) in [7, 11) is 0. The number of carbonyl (C=O) groups is 2. The molecule has 2 rings (SSSR count). The third kappa shape index (κ3) is 6.38. The Morgan fingerprint density at radius 3 is 2.50 bits per heavy atom. The summed E-state index contributed by atoms with van der Waals surface area (Å²) in [5.41, 5.74) is 1.06. The molecule has 0 spiro atoms. The van der Waals surface area contributed by atoms with Crippen LogP contribution in [-0.4, -0.2) is 33.7 Å². The molecule has 2 aromatic carbocycles. The van der Waals surface area contributed by atoms with E-state index in [0.29, 0.717) is 5.56 Å². The number of amides is 2. The summed E-state index contributed by atoms with van der Waals surface area (Å²) in [5, 5.41) is 14.2. The van der Waals surface area contributed by atoms with Gasteiger partial charge >= 0.3 is 0 Å². The zero-order valence-electron chi connectivity index (χ0n) is 17.3. The van der Waals surface area contributed by atoms with Crippen molar-refractivity contribution in [3.05, 3.63) is 74.2 Å². The summed E-state index contributed by atoms with van der Waals surface area (Å²) in [4.78, 5) is 38.2. The van der Waals surface area contributed by atoms with E-state index in [4.69, 9.17) is 0 Å². The number of nitrogens with zero attached hydrogens (tertiary/aromatic N) is 2. The van der Waals surface area contributed by atoms with Crippen molar-refractivity contribution in [2.24, 2.45) is 0 Å². The second-order valence-electron chi connectivity index (χ2n) is 7.21. The van der Waals surface area contributed by atoms with Crippen molar-refractivity contribution in [1.29, 1.82) is 0 Å². The Kier molecular flexibility index (Phi) is 8.53. The summed E-state index contributed by atoms with van der Waals surface area (Å²) < 4.78 is 0.864. The van der Waals surface area contributed by atoms with Gasteiger partial charge in [-0.25, -0.2) is 0 Å². The maximum absolute atomic E-state index is 13.2. The lowest BCUT2D eigenvalue weighted by Gasteiger charge is -2.30. The standard InChI is InChI=1S/C22H26BrN3O4/c1-4-15(2)24-22(28)16(3)25(14-17-8-7-10-19(23)12-17)21(27)13-18-9-5-6-11-20(18)26(29)30/h5-12,15-16H,4,13-14H2,1-3H3,(H,24,28)/t15-,16-/m1/s1. The molecule has 0 aliphatic rings. The van der Waals surface area contributed by atoms with Crippen molar-refractivity contribution < 1.29 is 14.5 Å². The second kappa shape index (κ2) is 10.9. The van der Waals surface area contributed by atoms with Crippen molar-refractivity contribution in [3.63, 3.8) is 0 Å². The molecule has 8 heteroatoms. The summed E-state index contributed by atoms with van der Waals surface area (Å²) in [6, 6.07) is 12.9. The molecule has 2 amide bonds. The average Bonchev–Trinajstić information content (AvgIpc) is 2.71. The quantitative estimate of drug-likeness (QED) is 0.433. The van der Waals surface area contributed by atoms with Crippen LogP contribution in [0.4, 0.5) is 5.69 Å².